The van der Waals surface area contributed by atoms with Crippen LogP contribution in [0.4, 0.5) is 5.69 Å². The molecule has 1 aliphatic heterocycles. The van der Waals surface area contributed by atoms with Gasteiger partial charge < -0.3 is 14.7 Å². The number of amides is 1. The van der Waals surface area contributed by atoms with Crippen LogP contribution in [-0.4, -0.2) is 30.1 Å². The Bertz CT molecular complexity index is 1100. The second-order valence-corrected chi connectivity index (χ2v) is 12.0. The van der Waals surface area contributed by atoms with Crippen LogP contribution in [0.2, 0.25) is 0 Å². The zero-order valence-electron chi connectivity index (χ0n) is 21.9. The highest BCUT2D eigenvalue weighted by atomic mass is 32.2. The molecular formula is C29H37NO4S. The van der Waals surface area contributed by atoms with Gasteiger partial charge in [0.05, 0.1) is 17.2 Å². The fraction of sp³-hybridized carbons (Fsp3) is 0.448. The van der Waals surface area contributed by atoms with Gasteiger partial charge in [-0.2, -0.15) is 0 Å². The highest BCUT2D eigenvalue weighted by Gasteiger charge is 2.30. The van der Waals surface area contributed by atoms with Crippen molar-refractivity contribution < 1.29 is 19.4 Å². The van der Waals surface area contributed by atoms with Crippen molar-refractivity contribution in [1.82, 2.24) is 0 Å². The molecule has 188 valence electrons. The number of hydrogen-bond acceptors (Lipinski definition) is 5. The van der Waals surface area contributed by atoms with Gasteiger partial charge in [0.1, 0.15) is 5.75 Å². The Morgan fingerprint density at radius 2 is 1.66 bits per heavy atom. The summed E-state index contributed by atoms with van der Waals surface area (Å²) in [4.78, 5) is 28.8. The Kier molecular flexibility index (Phi) is 8.05. The smallest absolute Gasteiger partial charge is 0.305 e. The molecule has 0 saturated heterocycles. The molecule has 2 aromatic carbocycles. The number of para-hydroxylation sites is 1. The number of ether oxygens (including phenoxy) is 1. The van der Waals surface area contributed by atoms with Crippen LogP contribution in [-0.2, 0) is 25.2 Å². The number of aromatic hydroxyl groups is 1. The van der Waals surface area contributed by atoms with Crippen LogP contribution in [0.5, 0.6) is 5.75 Å². The number of nitrogens with zero attached hydrogens (tertiary/aromatic N) is 1. The summed E-state index contributed by atoms with van der Waals surface area (Å²) >= 11 is 1.46. The zero-order valence-corrected chi connectivity index (χ0v) is 22.7. The zero-order chi connectivity index (χ0) is 26.0. The van der Waals surface area contributed by atoms with Gasteiger partial charge in [-0.3, -0.25) is 9.59 Å². The summed E-state index contributed by atoms with van der Waals surface area (Å²) in [6, 6.07) is 11.8. The number of phenols is 1. The minimum Gasteiger partial charge on any atom is -0.507 e. The van der Waals surface area contributed by atoms with Crippen LogP contribution in [0.3, 0.4) is 0 Å². The van der Waals surface area contributed by atoms with Crippen LogP contribution < -0.4 is 4.90 Å². The third-order valence-corrected chi connectivity index (χ3v) is 7.02. The summed E-state index contributed by atoms with van der Waals surface area (Å²) in [6.07, 6.45) is 2.72. The lowest BCUT2D eigenvalue weighted by Gasteiger charge is -2.31. The molecule has 0 aromatic heterocycles. The molecule has 0 atom stereocenters. The Balaban J connectivity index is 2.02. The van der Waals surface area contributed by atoms with Gasteiger partial charge >= 0.3 is 5.97 Å². The fourth-order valence-electron chi connectivity index (χ4n) is 4.13. The van der Waals surface area contributed by atoms with Crippen molar-refractivity contribution in [3.05, 3.63) is 58.0 Å². The first-order chi connectivity index (χ1) is 16.3. The van der Waals surface area contributed by atoms with Crippen molar-refractivity contribution in [1.29, 1.82) is 0 Å². The predicted molar refractivity (Wildman–Crippen MR) is 144 cm³/mol. The maximum Gasteiger partial charge on any atom is 0.305 e. The average molecular weight is 496 g/mol. The number of thioether (sulfide) groups is 1. The van der Waals surface area contributed by atoms with E-state index in [4.69, 9.17) is 4.74 Å². The molecule has 1 amide bonds. The number of anilines is 1. The van der Waals surface area contributed by atoms with E-state index in [0.29, 0.717) is 30.2 Å². The van der Waals surface area contributed by atoms with Gasteiger partial charge in [0.2, 0.25) is 0 Å². The van der Waals surface area contributed by atoms with Crippen LogP contribution >= 0.6 is 11.8 Å². The minimum atomic E-state index is -0.256. The molecule has 2 aromatic rings. The van der Waals surface area contributed by atoms with Crippen molar-refractivity contribution in [3.63, 3.8) is 0 Å². The van der Waals surface area contributed by atoms with E-state index in [1.807, 2.05) is 42.5 Å². The second kappa shape index (κ2) is 10.5. The van der Waals surface area contributed by atoms with Crippen molar-refractivity contribution in [2.75, 3.05) is 18.1 Å². The molecule has 0 radical (unpaired) electrons. The first kappa shape index (κ1) is 26.9. The van der Waals surface area contributed by atoms with E-state index in [1.165, 1.54) is 11.8 Å². The fourth-order valence-corrected chi connectivity index (χ4v) is 5.19. The molecule has 0 spiro atoms. The first-order valence-corrected chi connectivity index (χ1v) is 13.0. The molecule has 0 aliphatic carbocycles. The van der Waals surface area contributed by atoms with Gasteiger partial charge in [0, 0.05) is 29.0 Å². The molecule has 35 heavy (non-hydrogen) atoms. The molecule has 1 N–H and O–H groups in total. The van der Waals surface area contributed by atoms with Crippen LogP contribution in [0.1, 0.15) is 78.0 Å². The van der Waals surface area contributed by atoms with Gasteiger partial charge in [-0.05, 0) is 60.1 Å². The summed E-state index contributed by atoms with van der Waals surface area (Å²) in [6.45, 7) is 15.0. The molecule has 0 saturated carbocycles. The molecule has 1 heterocycles. The Labute approximate surface area is 213 Å². The number of rotatable bonds is 6. The summed E-state index contributed by atoms with van der Waals surface area (Å²) in [5.41, 5.74) is 2.95. The molecule has 1 aliphatic rings. The van der Waals surface area contributed by atoms with E-state index in [0.717, 1.165) is 27.3 Å². The number of benzene rings is 2. The third kappa shape index (κ3) is 6.29. The van der Waals surface area contributed by atoms with E-state index in [-0.39, 0.29) is 29.1 Å². The Hall–Kier alpha value is -2.73. The third-order valence-electron chi connectivity index (χ3n) is 5.95. The first-order valence-electron chi connectivity index (χ1n) is 12.2. The average Bonchev–Trinajstić information content (AvgIpc) is 2.75. The molecule has 0 bridgehead atoms. The minimum absolute atomic E-state index is 0.0831. The SMILES string of the molecule is CCOC(=O)CCCN1C(=O)C(=Cc2cc(C(C)(C)C)c(O)c(C(C)(C)C)c2)Sc2ccccc21. The predicted octanol–water partition coefficient (Wildman–Crippen LogP) is 6.81. The molecule has 0 unspecified atom stereocenters. The molecule has 5 nitrogen and oxygen atoms in total. The summed E-state index contributed by atoms with van der Waals surface area (Å²) < 4.78 is 5.04. The van der Waals surface area contributed by atoms with Crippen molar-refractivity contribution >= 4 is 35.4 Å². The number of phenolic OH excluding ortho intramolecular Hbond substituents is 1. The van der Waals surface area contributed by atoms with E-state index in [9.17, 15) is 14.7 Å². The summed E-state index contributed by atoms with van der Waals surface area (Å²) in [5.74, 6) is -0.00939. The number of fused-ring (bicyclic) bond motifs is 1. The lowest BCUT2D eigenvalue weighted by molar-refractivity contribution is -0.143. The van der Waals surface area contributed by atoms with Crippen LogP contribution in [0, 0.1) is 0 Å². The Morgan fingerprint density at radius 1 is 1.06 bits per heavy atom. The monoisotopic (exact) mass is 495 g/mol. The van der Waals surface area contributed by atoms with E-state index in [2.05, 4.69) is 41.5 Å². The largest absolute Gasteiger partial charge is 0.507 e. The van der Waals surface area contributed by atoms with Crippen molar-refractivity contribution in [2.45, 2.75) is 77.0 Å². The number of carbonyl (C=O) groups excluding carboxylic acids is 2. The quantitative estimate of drug-likeness (QED) is 0.352. The second-order valence-electron chi connectivity index (χ2n) is 10.9. The van der Waals surface area contributed by atoms with Gasteiger partial charge in [-0.1, -0.05) is 65.4 Å². The maximum absolute atomic E-state index is 13.6. The highest BCUT2D eigenvalue weighted by molar-refractivity contribution is 8.04. The molecule has 0 fully saturated rings. The maximum atomic E-state index is 13.6. The van der Waals surface area contributed by atoms with Gasteiger partial charge in [-0.25, -0.2) is 0 Å². The topological polar surface area (TPSA) is 66.8 Å². The van der Waals surface area contributed by atoms with E-state index < -0.39 is 0 Å². The van der Waals surface area contributed by atoms with Crippen molar-refractivity contribution in [2.24, 2.45) is 0 Å². The lowest BCUT2D eigenvalue weighted by atomic mass is 9.78. The normalized spacial score (nSPS) is 15.3. The van der Waals surface area contributed by atoms with Gasteiger partial charge in [0.25, 0.3) is 5.91 Å². The van der Waals surface area contributed by atoms with E-state index in [1.54, 1.807) is 11.8 Å². The summed E-state index contributed by atoms with van der Waals surface area (Å²) in [7, 11) is 0. The molecular weight excluding hydrogens is 458 g/mol. The van der Waals surface area contributed by atoms with Crippen molar-refractivity contribution in [3.8, 4) is 5.75 Å². The van der Waals surface area contributed by atoms with E-state index >= 15 is 0 Å². The summed E-state index contributed by atoms with van der Waals surface area (Å²) in [5, 5.41) is 11.1. The van der Waals surface area contributed by atoms with Crippen LogP contribution in [0.15, 0.2) is 46.2 Å². The standard InChI is InChI=1S/C29H37NO4S/c1-8-34-25(31)14-11-15-30-22-12-9-10-13-23(22)35-24(27(30)33)18-19-16-20(28(2,3)4)26(32)21(17-19)29(5,6)7/h9-10,12-13,16-18,32H,8,11,14-15H2,1-7H3. The highest BCUT2D eigenvalue weighted by Crippen LogP contribution is 2.44. The van der Waals surface area contributed by atoms with Gasteiger partial charge in [0.15, 0.2) is 0 Å². The number of carbonyl (C=O) groups is 2. The molecule has 6 heteroatoms. The number of esters is 1. The number of hydrogen-bond donors (Lipinski definition) is 1. The lowest BCUT2D eigenvalue weighted by Crippen LogP contribution is -2.35. The Morgan fingerprint density at radius 3 is 2.23 bits per heavy atom. The van der Waals surface area contributed by atoms with Crippen LogP contribution in [0.25, 0.3) is 6.08 Å². The molecule has 3 rings (SSSR count). The van der Waals surface area contributed by atoms with Gasteiger partial charge in [-0.15, -0.1) is 0 Å².